The van der Waals surface area contributed by atoms with Crippen LogP contribution in [0.1, 0.15) is 55.7 Å². The van der Waals surface area contributed by atoms with Crippen LogP contribution < -0.4 is 30.1 Å². The molecular weight excluding hydrogens is 727 g/mol. The Hall–Kier alpha value is -5.60. The second-order valence-corrected chi connectivity index (χ2v) is 16.1. The maximum absolute atomic E-state index is 13.0. The summed E-state index contributed by atoms with van der Waals surface area (Å²) in [5, 5.41) is 2.79. The van der Waals surface area contributed by atoms with Crippen molar-refractivity contribution < 1.29 is 28.7 Å². The first-order chi connectivity index (χ1) is 27.7. The van der Waals surface area contributed by atoms with Gasteiger partial charge in [-0.05, 0) is 85.5 Å². The Morgan fingerprint density at radius 2 is 1.67 bits per heavy atom. The van der Waals surface area contributed by atoms with Crippen molar-refractivity contribution in [3.8, 4) is 22.9 Å². The molecule has 14 heteroatoms. The molecule has 57 heavy (non-hydrogen) atoms. The maximum atomic E-state index is 13.0. The molecule has 7 heterocycles. The Morgan fingerprint density at radius 1 is 0.895 bits per heavy atom. The first-order valence-corrected chi connectivity index (χ1v) is 19.9. The van der Waals surface area contributed by atoms with E-state index in [0.29, 0.717) is 65.5 Å². The summed E-state index contributed by atoms with van der Waals surface area (Å²) in [6.07, 6.45) is 5.39. The molecule has 2 bridgehead atoms. The molecule has 0 spiro atoms. The molecular formula is C43H47N7O7. The second kappa shape index (κ2) is 15.1. The minimum absolute atomic E-state index is 0.209. The zero-order valence-electron chi connectivity index (χ0n) is 32.2. The van der Waals surface area contributed by atoms with Crippen LogP contribution in [-0.2, 0) is 25.7 Å². The van der Waals surface area contributed by atoms with E-state index in [-0.39, 0.29) is 17.9 Å². The van der Waals surface area contributed by atoms with Crippen molar-refractivity contribution in [1.29, 1.82) is 0 Å². The van der Waals surface area contributed by atoms with Gasteiger partial charge in [0, 0.05) is 86.8 Å². The predicted octanol–water partition coefficient (Wildman–Crippen LogP) is 3.61. The average Bonchev–Trinajstić information content (AvgIpc) is 3.62. The number of ketones is 1. The largest absolute Gasteiger partial charge is 0.497 e. The Morgan fingerprint density at radius 3 is 2.37 bits per heavy atom. The smallest absolute Gasteiger partial charge is 0.262 e. The van der Waals surface area contributed by atoms with Crippen molar-refractivity contribution in [3.63, 3.8) is 0 Å². The lowest BCUT2D eigenvalue weighted by Crippen LogP contribution is -2.63. The number of rotatable bonds is 10. The number of carbonyl (C=O) groups is 4. The fourth-order valence-electron chi connectivity index (χ4n) is 9.91. The highest BCUT2D eigenvalue weighted by molar-refractivity contribution is 6.27. The normalized spacial score (nSPS) is 24.1. The van der Waals surface area contributed by atoms with Crippen molar-refractivity contribution in [2.24, 2.45) is 5.92 Å². The van der Waals surface area contributed by atoms with E-state index in [4.69, 9.17) is 14.5 Å². The highest BCUT2D eigenvalue weighted by Gasteiger charge is 2.45. The molecule has 3 aromatic carbocycles. The van der Waals surface area contributed by atoms with E-state index in [1.54, 1.807) is 24.1 Å². The van der Waals surface area contributed by atoms with Crippen molar-refractivity contribution in [2.75, 3.05) is 56.7 Å². The molecule has 2 amide bonds. The lowest BCUT2D eigenvalue weighted by Gasteiger charge is -2.53. The first-order valence-electron chi connectivity index (χ1n) is 19.9. The summed E-state index contributed by atoms with van der Waals surface area (Å²) >= 11 is 0. The molecule has 5 saturated heterocycles. The van der Waals surface area contributed by atoms with Crippen LogP contribution in [0, 0.1) is 5.92 Å². The van der Waals surface area contributed by atoms with Gasteiger partial charge in [0.1, 0.15) is 28.8 Å². The number of ether oxygens (including phenoxy) is 2. The van der Waals surface area contributed by atoms with Crippen molar-refractivity contribution >= 4 is 46.2 Å². The van der Waals surface area contributed by atoms with Crippen LogP contribution in [0.5, 0.6) is 11.5 Å². The zero-order chi connectivity index (χ0) is 39.4. The number of nitrogens with zero attached hydrogens (tertiary/aromatic N) is 5. The fraction of sp³-hybridized carbons (Fsp3) is 0.442. The van der Waals surface area contributed by atoms with Crippen LogP contribution in [0.4, 0.5) is 11.4 Å². The van der Waals surface area contributed by atoms with Crippen LogP contribution in [0.25, 0.3) is 22.3 Å². The van der Waals surface area contributed by atoms with E-state index in [2.05, 4.69) is 49.3 Å². The number of hydrogen-bond acceptors (Lipinski definition) is 12. The maximum Gasteiger partial charge on any atom is 0.262 e. The molecule has 5 fully saturated rings. The van der Waals surface area contributed by atoms with E-state index in [1.165, 1.54) is 7.11 Å². The summed E-state index contributed by atoms with van der Waals surface area (Å²) < 4.78 is 10.8. The van der Waals surface area contributed by atoms with Crippen molar-refractivity contribution in [1.82, 2.24) is 25.1 Å². The molecule has 6 aliphatic rings. The number of anilines is 2. The number of H-pyrrole nitrogens is 1. The van der Waals surface area contributed by atoms with Gasteiger partial charge in [-0.1, -0.05) is 6.07 Å². The van der Waals surface area contributed by atoms with E-state index in [1.807, 2.05) is 18.2 Å². The molecule has 1 aromatic heterocycles. The molecule has 14 nitrogen and oxygen atoms in total. The zero-order valence-corrected chi connectivity index (χ0v) is 32.2. The summed E-state index contributed by atoms with van der Waals surface area (Å²) in [6, 6.07) is 17.2. The number of hydrogen-bond donors (Lipinski definition) is 2. The summed E-state index contributed by atoms with van der Waals surface area (Å²) in [6.45, 7) is 5.33. The molecule has 0 saturated carbocycles. The second-order valence-electron chi connectivity index (χ2n) is 16.1. The number of aromatic amines is 1. The number of fused-ring (bicyclic) bond motifs is 5. The minimum Gasteiger partial charge on any atom is -0.497 e. The van der Waals surface area contributed by atoms with Gasteiger partial charge in [-0.2, -0.15) is 0 Å². The van der Waals surface area contributed by atoms with Crippen molar-refractivity contribution in [2.45, 2.75) is 69.2 Å². The number of imide groups is 1. The molecule has 4 atom stereocenters. The standard InChI is InChI=1S/C43H47N7O7/c1-56-32-18-34-39(37(19-32)57-2)43(55)46-41(44-34)26-3-6-28(7-4-26)47-15-13-25(14-16-47)20-48-22-31-10-9-30(48)23-49(31)29-8-5-27-21-50(35-11-12-38(53)45-42(35)54)40(33(27)17-29)36(52)24-51/h3-8,17-19,24-25,30-31,35,40H,9-16,20-23H2,1-2H3,(H,44,46,55)(H,45,53,54). The molecule has 6 aliphatic heterocycles. The Kier molecular flexibility index (Phi) is 9.77. The topological polar surface area (TPSA) is 157 Å². The molecule has 296 valence electrons. The van der Waals surface area contributed by atoms with Gasteiger partial charge in [0.05, 0.1) is 25.8 Å². The van der Waals surface area contributed by atoms with Gasteiger partial charge >= 0.3 is 0 Å². The van der Waals surface area contributed by atoms with Gasteiger partial charge in [0.25, 0.3) is 5.56 Å². The highest BCUT2D eigenvalue weighted by Crippen LogP contribution is 2.42. The van der Waals surface area contributed by atoms with Crippen molar-refractivity contribution in [3.05, 3.63) is 76.1 Å². The fourth-order valence-corrected chi connectivity index (χ4v) is 9.91. The van der Waals surface area contributed by atoms with E-state index in [9.17, 15) is 24.0 Å². The molecule has 4 aromatic rings. The number of nitrogens with one attached hydrogen (secondary N) is 2. The number of benzene rings is 3. The van der Waals surface area contributed by atoms with Crippen LogP contribution in [0.2, 0.25) is 0 Å². The van der Waals surface area contributed by atoms with Gasteiger partial charge < -0.3 is 24.3 Å². The lowest BCUT2D eigenvalue weighted by molar-refractivity contribution is -0.141. The number of piperazine rings is 1. The van der Waals surface area contributed by atoms with Gasteiger partial charge in [-0.3, -0.25) is 39.1 Å². The quantitative estimate of drug-likeness (QED) is 0.137. The monoisotopic (exact) mass is 773 g/mol. The highest BCUT2D eigenvalue weighted by atomic mass is 16.5. The summed E-state index contributed by atoms with van der Waals surface area (Å²) in [7, 11) is 3.09. The lowest BCUT2D eigenvalue weighted by atomic mass is 9.87. The van der Waals surface area contributed by atoms with E-state index >= 15 is 0 Å². The SMILES string of the molecule is COc1cc(OC)c2c(=O)[nH]c(-c3ccc(N4CCC(CN5CC6CCC5CN6c5ccc6c(c5)C(C(=O)C=O)N(C5CCC(=O)NC5=O)C6)CC4)cc3)nc2c1. The number of methoxy groups -OCH3 is 2. The number of Topliss-reactive ketones (excluding diaryl/α,β-unsaturated/α-hetero) is 1. The molecule has 0 aliphatic carbocycles. The predicted molar refractivity (Wildman–Crippen MR) is 214 cm³/mol. The van der Waals surface area contributed by atoms with Crippen LogP contribution >= 0.6 is 0 Å². The summed E-state index contributed by atoms with van der Waals surface area (Å²) in [4.78, 5) is 79.5. The van der Waals surface area contributed by atoms with E-state index < -0.39 is 23.8 Å². The molecule has 4 unspecified atom stereocenters. The third-order valence-electron chi connectivity index (χ3n) is 12.9. The van der Waals surface area contributed by atoms with Gasteiger partial charge in [-0.15, -0.1) is 0 Å². The molecule has 0 radical (unpaired) electrons. The number of amides is 2. The minimum atomic E-state index is -0.828. The summed E-state index contributed by atoms with van der Waals surface area (Å²) in [5.41, 5.74) is 5.01. The van der Waals surface area contributed by atoms with Gasteiger partial charge in [-0.25, -0.2) is 4.98 Å². The third kappa shape index (κ3) is 6.84. The average molecular weight is 774 g/mol. The molecule has 10 rings (SSSR count). The Balaban J connectivity index is 0.821. The Labute approximate surface area is 330 Å². The summed E-state index contributed by atoms with van der Waals surface area (Å²) in [5.74, 6) is 0.812. The van der Waals surface area contributed by atoms with Crippen LogP contribution in [0.3, 0.4) is 0 Å². The van der Waals surface area contributed by atoms with E-state index in [0.717, 1.165) is 86.5 Å². The molecule has 2 N–H and O–H groups in total. The number of aromatic nitrogens is 2. The van der Waals surface area contributed by atoms with Crippen LogP contribution in [0.15, 0.2) is 59.4 Å². The van der Waals surface area contributed by atoms with Gasteiger partial charge in [0.15, 0.2) is 6.29 Å². The number of piperidine rings is 4. The number of aldehydes is 1. The van der Waals surface area contributed by atoms with Gasteiger partial charge in [0.2, 0.25) is 17.6 Å². The Bertz CT molecular complexity index is 2300. The third-order valence-corrected chi connectivity index (χ3v) is 12.9. The van der Waals surface area contributed by atoms with Crippen LogP contribution in [-0.4, -0.2) is 109 Å². The first kappa shape index (κ1) is 37.0. The number of carbonyl (C=O) groups excluding carboxylic acids is 4.